The van der Waals surface area contributed by atoms with Gasteiger partial charge in [0.25, 0.3) is 17.7 Å². The van der Waals surface area contributed by atoms with E-state index < -0.39 is 70.2 Å². The van der Waals surface area contributed by atoms with E-state index in [9.17, 15) is 36.2 Å². The van der Waals surface area contributed by atoms with Crippen molar-refractivity contribution in [2.24, 2.45) is 10.8 Å². The summed E-state index contributed by atoms with van der Waals surface area (Å²) in [4.78, 5) is 19.1. The zero-order valence-electron chi connectivity index (χ0n) is 21.6. The molecule has 4 aliphatic rings. The van der Waals surface area contributed by atoms with E-state index in [-0.39, 0.29) is 36.6 Å². The SMILES string of the molecule is CC(C)(C)C12CC(N3CCCCC[C@](O)(C(F)(F)F)c4nnc(o4)-c4nc(c(C(F)(F)F)cc4N)C3=O)(C1)C2. The van der Waals surface area contributed by atoms with E-state index >= 15 is 0 Å². The van der Waals surface area contributed by atoms with Gasteiger partial charge < -0.3 is 20.2 Å². The first-order valence-electron chi connectivity index (χ1n) is 12.7. The highest BCUT2D eigenvalue weighted by atomic mass is 19.4. The maximum atomic E-state index is 14.1. The molecular formula is C25H29F6N5O3. The number of aliphatic hydroxyl groups is 1. The van der Waals surface area contributed by atoms with Crippen LogP contribution >= 0.6 is 0 Å². The number of rotatable bonds is 1. The van der Waals surface area contributed by atoms with Crippen molar-refractivity contribution in [3.05, 3.63) is 23.2 Å². The number of halogens is 6. The number of nitrogens with zero attached hydrogens (tertiary/aromatic N) is 4. The quantitative estimate of drug-likeness (QED) is 0.444. The third-order valence-corrected chi connectivity index (χ3v) is 8.84. The van der Waals surface area contributed by atoms with Crippen molar-refractivity contribution in [1.82, 2.24) is 20.1 Å². The van der Waals surface area contributed by atoms with Gasteiger partial charge in [0.2, 0.25) is 5.60 Å². The lowest BCUT2D eigenvalue weighted by Gasteiger charge is -2.78. The van der Waals surface area contributed by atoms with E-state index in [1.165, 1.54) is 4.90 Å². The summed E-state index contributed by atoms with van der Waals surface area (Å²) in [5, 5.41) is 17.4. The number of hydrogen-bond donors (Lipinski definition) is 2. The van der Waals surface area contributed by atoms with Crippen LogP contribution in [0.15, 0.2) is 10.5 Å². The topological polar surface area (TPSA) is 118 Å². The minimum absolute atomic E-state index is 0.0284. The van der Waals surface area contributed by atoms with Crippen LogP contribution in [0.1, 0.15) is 87.7 Å². The summed E-state index contributed by atoms with van der Waals surface area (Å²) < 4.78 is 89.1. The van der Waals surface area contributed by atoms with Crippen molar-refractivity contribution in [1.29, 1.82) is 0 Å². The molecule has 1 atom stereocenters. The molecule has 0 aromatic carbocycles. The number of carbonyl (C=O) groups is 1. The third kappa shape index (κ3) is 4.08. The maximum absolute atomic E-state index is 14.1. The van der Waals surface area contributed by atoms with Gasteiger partial charge in [0.15, 0.2) is 5.69 Å². The Morgan fingerprint density at radius 2 is 1.64 bits per heavy atom. The molecule has 0 spiro atoms. The van der Waals surface area contributed by atoms with Crippen molar-refractivity contribution in [2.45, 2.75) is 89.2 Å². The molecule has 1 amide bonds. The molecule has 39 heavy (non-hydrogen) atoms. The number of aromatic nitrogens is 3. The summed E-state index contributed by atoms with van der Waals surface area (Å²) in [5.41, 5.74) is -1.95. The molecule has 3 aliphatic carbocycles. The summed E-state index contributed by atoms with van der Waals surface area (Å²) in [7, 11) is 0. The Morgan fingerprint density at radius 3 is 2.21 bits per heavy atom. The van der Waals surface area contributed by atoms with Crippen molar-refractivity contribution >= 4 is 11.6 Å². The fourth-order valence-electron chi connectivity index (χ4n) is 6.26. The van der Waals surface area contributed by atoms with Crippen LogP contribution in [0, 0.1) is 10.8 Å². The Kier molecular flexibility index (Phi) is 5.89. The molecule has 3 saturated carbocycles. The highest BCUT2D eigenvalue weighted by Gasteiger charge is 2.74. The average Bonchev–Trinajstić information content (AvgIpc) is 3.22. The Hall–Kier alpha value is -2.90. The fraction of sp³-hybridized carbons (Fsp3) is 0.680. The van der Waals surface area contributed by atoms with E-state index in [0.29, 0.717) is 25.3 Å². The number of amides is 1. The van der Waals surface area contributed by atoms with Crippen LogP contribution in [0.3, 0.4) is 0 Å². The van der Waals surface area contributed by atoms with E-state index in [0.717, 1.165) is 0 Å². The van der Waals surface area contributed by atoms with Crippen LogP contribution in [0.4, 0.5) is 32.0 Å². The van der Waals surface area contributed by atoms with Gasteiger partial charge in [-0.3, -0.25) is 4.79 Å². The highest BCUT2D eigenvalue weighted by molar-refractivity contribution is 5.96. The highest BCUT2D eigenvalue weighted by Crippen LogP contribution is 2.76. The minimum Gasteiger partial charge on any atom is -0.416 e. The molecule has 0 saturated heterocycles. The lowest BCUT2D eigenvalue weighted by molar-refractivity contribution is -0.277. The normalized spacial score (nSPS) is 29.9. The van der Waals surface area contributed by atoms with Gasteiger partial charge in [0.1, 0.15) is 5.69 Å². The zero-order valence-corrected chi connectivity index (χ0v) is 21.6. The molecule has 1 aliphatic heterocycles. The molecule has 14 heteroatoms. The molecule has 3 fully saturated rings. The van der Waals surface area contributed by atoms with Crippen LogP contribution in [0.25, 0.3) is 11.6 Å². The number of nitrogen functional groups attached to an aromatic ring is 1. The van der Waals surface area contributed by atoms with Crippen molar-refractivity contribution < 1.29 is 40.7 Å². The molecule has 2 aromatic rings. The van der Waals surface area contributed by atoms with Gasteiger partial charge in [-0.15, -0.1) is 10.2 Å². The fourth-order valence-corrected chi connectivity index (χ4v) is 6.26. The summed E-state index contributed by atoms with van der Waals surface area (Å²) in [6.45, 7) is 6.27. The molecule has 214 valence electrons. The van der Waals surface area contributed by atoms with Gasteiger partial charge in [-0.05, 0) is 55.4 Å². The summed E-state index contributed by atoms with van der Waals surface area (Å²) in [5.74, 6) is -2.86. The van der Waals surface area contributed by atoms with Crippen LogP contribution in [0.5, 0.6) is 0 Å². The molecule has 6 rings (SSSR count). The van der Waals surface area contributed by atoms with Crippen molar-refractivity contribution in [2.75, 3.05) is 12.3 Å². The Balaban J connectivity index is 1.63. The summed E-state index contributed by atoms with van der Waals surface area (Å²) in [6.07, 6.45) is -8.87. The molecule has 3 heterocycles. The number of pyridine rings is 1. The molecule has 0 unspecified atom stereocenters. The number of nitrogens with two attached hydrogens (primary N) is 1. The second-order valence-electron chi connectivity index (χ2n) is 12.1. The predicted octanol–water partition coefficient (Wildman–Crippen LogP) is 5.47. The molecule has 0 radical (unpaired) electrons. The predicted molar refractivity (Wildman–Crippen MR) is 125 cm³/mol. The Morgan fingerprint density at radius 1 is 1.00 bits per heavy atom. The first kappa shape index (κ1) is 27.7. The van der Waals surface area contributed by atoms with Crippen LogP contribution in [0.2, 0.25) is 0 Å². The summed E-state index contributed by atoms with van der Waals surface area (Å²) >= 11 is 0. The van der Waals surface area contributed by atoms with Crippen molar-refractivity contribution in [3.8, 4) is 11.6 Å². The molecule has 8 nitrogen and oxygen atoms in total. The lowest BCUT2D eigenvalue weighted by Crippen LogP contribution is -2.78. The first-order valence-corrected chi connectivity index (χ1v) is 12.7. The van der Waals surface area contributed by atoms with E-state index in [1.807, 2.05) is 0 Å². The molecular weight excluding hydrogens is 532 g/mol. The Labute approximate surface area is 220 Å². The zero-order chi connectivity index (χ0) is 28.8. The molecule has 2 aromatic heterocycles. The number of hydrogen-bond acceptors (Lipinski definition) is 7. The number of anilines is 1. The number of alkyl halides is 6. The second kappa shape index (κ2) is 8.31. The minimum atomic E-state index is -5.17. The lowest BCUT2D eigenvalue weighted by atomic mass is 9.32. The van der Waals surface area contributed by atoms with Gasteiger partial charge in [0, 0.05) is 12.1 Å². The first-order chi connectivity index (χ1) is 17.8. The maximum Gasteiger partial charge on any atom is 0.426 e. The van der Waals surface area contributed by atoms with E-state index in [1.54, 1.807) is 0 Å². The van der Waals surface area contributed by atoms with Crippen molar-refractivity contribution in [3.63, 3.8) is 0 Å². The third-order valence-electron chi connectivity index (χ3n) is 8.84. The standard InChI is InChI=1S/C25H29F6N5O3/c1-20(2,3)21-10-22(11-21,12-21)36-8-6-4-5-7-23(38,25(29,30)31)19-35-34-17(39-19)16-14(32)9-13(24(26,27)28)15(33-16)18(36)37/h9,38H,4-8,10-12,32H2,1-3H3/t21?,22?,23-/m1/s1. The van der Waals surface area contributed by atoms with Crippen LogP contribution < -0.4 is 5.73 Å². The van der Waals surface area contributed by atoms with Gasteiger partial charge in [-0.25, -0.2) is 4.98 Å². The second-order valence-corrected chi connectivity index (χ2v) is 12.1. The monoisotopic (exact) mass is 561 g/mol. The average molecular weight is 562 g/mol. The van der Waals surface area contributed by atoms with Gasteiger partial charge in [-0.1, -0.05) is 27.2 Å². The smallest absolute Gasteiger partial charge is 0.416 e. The van der Waals surface area contributed by atoms with Gasteiger partial charge in [0.05, 0.1) is 11.3 Å². The Bertz CT molecular complexity index is 1290. The van der Waals surface area contributed by atoms with Gasteiger partial charge >= 0.3 is 12.4 Å². The van der Waals surface area contributed by atoms with Crippen LogP contribution in [-0.2, 0) is 11.8 Å². The molecule has 3 N–H and O–H groups in total. The molecule has 6 bridgehead atoms. The number of carbonyl (C=O) groups excluding carboxylic acids is 1. The van der Waals surface area contributed by atoms with Crippen LogP contribution in [-0.4, -0.2) is 49.4 Å². The number of fused-ring (bicyclic) bond motifs is 5. The summed E-state index contributed by atoms with van der Waals surface area (Å²) in [6, 6.07) is 0.498. The van der Waals surface area contributed by atoms with Gasteiger partial charge in [-0.2, -0.15) is 26.3 Å². The van der Waals surface area contributed by atoms with E-state index in [2.05, 4.69) is 36.0 Å². The van der Waals surface area contributed by atoms with E-state index in [4.69, 9.17) is 10.2 Å². The largest absolute Gasteiger partial charge is 0.426 e.